The van der Waals surface area contributed by atoms with Gasteiger partial charge in [-0.2, -0.15) is 0 Å². The highest BCUT2D eigenvalue weighted by Gasteiger charge is 2.52. The monoisotopic (exact) mass is 306 g/mol. The number of carbonyl (C=O) groups excluding carboxylic acids is 2. The molecule has 1 aliphatic rings. The first-order chi connectivity index (χ1) is 10.2. The summed E-state index contributed by atoms with van der Waals surface area (Å²) in [5, 5.41) is 0. The van der Waals surface area contributed by atoms with Crippen LogP contribution in [0.15, 0.2) is 9.98 Å². The average Bonchev–Trinajstić information content (AvgIpc) is 2.44. The number of hydrogen-bond donors (Lipinski definition) is 0. The van der Waals surface area contributed by atoms with Crippen molar-refractivity contribution in [3.63, 3.8) is 0 Å². The van der Waals surface area contributed by atoms with Gasteiger partial charge >= 0.3 is 0 Å². The predicted octanol–water partition coefficient (Wildman–Crippen LogP) is 4.15. The van der Waals surface area contributed by atoms with Crippen molar-refractivity contribution in [1.29, 1.82) is 0 Å². The maximum atomic E-state index is 10.8. The first kappa shape index (κ1) is 18.8. The summed E-state index contributed by atoms with van der Waals surface area (Å²) in [6.07, 6.45) is 6.18. The van der Waals surface area contributed by atoms with E-state index >= 15 is 0 Å². The Balaban J connectivity index is 3.37. The van der Waals surface area contributed by atoms with Gasteiger partial charge in [0.15, 0.2) is 0 Å². The molecule has 0 saturated heterocycles. The molecule has 2 atom stereocenters. The lowest BCUT2D eigenvalue weighted by molar-refractivity contribution is -0.0434. The van der Waals surface area contributed by atoms with Gasteiger partial charge in [-0.25, -0.2) is 19.6 Å². The van der Waals surface area contributed by atoms with Crippen molar-refractivity contribution in [2.75, 3.05) is 6.54 Å². The van der Waals surface area contributed by atoms with Gasteiger partial charge in [-0.05, 0) is 47.8 Å². The molecule has 124 valence electrons. The van der Waals surface area contributed by atoms with Crippen molar-refractivity contribution in [3.05, 3.63) is 0 Å². The summed E-state index contributed by atoms with van der Waals surface area (Å²) in [6.45, 7) is 13.8. The summed E-state index contributed by atoms with van der Waals surface area (Å²) in [4.78, 5) is 29.5. The Morgan fingerprint density at radius 2 is 1.55 bits per heavy atom. The van der Waals surface area contributed by atoms with Gasteiger partial charge in [0.1, 0.15) is 0 Å². The van der Waals surface area contributed by atoms with Gasteiger partial charge in [-0.3, -0.25) is 0 Å². The Morgan fingerprint density at radius 1 is 0.955 bits per heavy atom. The Hall–Kier alpha value is -1.24. The molecule has 0 aromatic carbocycles. The van der Waals surface area contributed by atoms with Gasteiger partial charge in [0.2, 0.25) is 12.2 Å². The molecule has 1 saturated carbocycles. The molecule has 0 heterocycles. The van der Waals surface area contributed by atoms with Crippen molar-refractivity contribution in [2.45, 2.75) is 66.8 Å². The SMILES string of the molecule is CC(C)C1(CN=C=O)CC(N=C=O)CC(C(C)C)(C(C)C)C1. The summed E-state index contributed by atoms with van der Waals surface area (Å²) >= 11 is 0. The topological polar surface area (TPSA) is 58.9 Å². The van der Waals surface area contributed by atoms with Gasteiger partial charge < -0.3 is 0 Å². The van der Waals surface area contributed by atoms with E-state index in [0.717, 1.165) is 19.3 Å². The van der Waals surface area contributed by atoms with Gasteiger partial charge in [0.25, 0.3) is 0 Å². The molecule has 2 unspecified atom stereocenters. The normalized spacial score (nSPS) is 27.6. The minimum atomic E-state index is -0.102. The molecule has 0 amide bonds. The molecule has 4 nitrogen and oxygen atoms in total. The van der Waals surface area contributed by atoms with Crippen LogP contribution in [0.5, 0.6) is 0 Å². The van der Waals surface area contributed by atoms with Crippen molar-refractivity contribution in [2.24, 2.45) is 38.6 Å². The fourth-order valence-electron chi connectivity index (χ4n) is 4.42. The molecule has 0 aliphatic heterocycles. The van der Waals surface area contributed by atoms with E-state index in [0.29, 0.717) is 24.3 Å². The van der Waals surface area contributed by atoms with Crippen LogP contribution in [-0.2, 0) is 9.59 Å². The van der Waals surface area contributed by atoms with Crippen molar-refractivity contribution in [3.8, 4) is 0 Å². The number of isocyanates is 2. The van der Waals surface area contributed by atoms with Crippen LogP contribution >= 0.6 is 0 Å². The van der Waals surface area contributed by atoms with E-state index in [9.17, 15) is 9.59 Å². The van der Waals surface area contributed by atoms with Crippen LogP contribution < -0.4 is 0 Å². The average molecular weight is 306 g/mol. The third-order valence-electron chi connectivity index (χ3n) is 6.16. The number of hydrogen-bond acceptors (Lipinski definition) is 4. The molecule has 1 aliphatic carbocycles. The highest BCUT2D eigenvalue weighted by Crippen LogP contribution is 2.57. The number of rotatable bonds is 6. The molecule has 0 N–H and O–H groups in total. The molecule has 0 radical (unpaired) electrons. The first-order valence-electron chi connectivity index (χ1n) is 8.34. The third-order valence-corrected chi connectivity index (χ3v) is 6.16. The fraction of sp³-hybridized carbons (Fsp3) is 0.889. The largest absolute Gasteiger partial charge is 0.235 e. The summed E-state index contributed by atoms with van der Waals surface area (Å²) < 4.78 is 0. The molecular formula is C18H30N2O2. The second kappa shape index (κ2) is 7.35. The zero-order chi connectivity index (χ0) is 17.0. The zero-order valence-electron chi connectivity index (χ0n) is 14.8. The van der Waals surface area contributed by atoms with E-state index in [2.05, 4.69) is 51.5 Å². The smallest absolute Gasteiger partial charge is 0.211 e. The van der Waals surface area contributed by atoms with E-state index in [1.54, 1.807) is 12.2 Å². The van der Waals surface area contributed by atoms with E-state index in [-0.39, 0.29) is 16.9 Å². The van der Waals surface area contributed by atoms with Crippen LogP contribution in [0.1, 0.15) is 60.8 Å². The molecule has 4 heteroatoms. The molecule has 0 aromatic rings. The number of aliphatic imine (C=N–C) groups is 2. The van der Waals surface area contributed by atoms with Crippen LogP contribution in [0.3, 0.4) is 0 Å². The predicted molar refractivity (Wildman–Crippen MR) is 88.1 cm³/mol. The molecule has 22 heavy (non-hydrogen) atoms. The highest BCUT2D eigenvalue weighted by atomic mass is 16.1. The molecule has 1 fully saturated rings. The van der Waals surface area contributed by atoms with Crippen LogP contribution in [0.25, 0.3) is 0 Å². The van der Waals surface area contributed by atoms with Crippen molar-refractivity contribution >= 4 is 12.2 Å². The van der Waals surface area contributed by atoms with Gasteiger partial charge in [0, 0.05) is 0 Å². The van der Waals surface area contributed by atoms with Gasteiger partial charge in [-0.15, -0.1) is 0 Å². The van der Waals surface area contributed by atoms with Crippen molar-refractivity contribution in [1.82, 2.24) is 0 Å². The molecule has 1 rings (SSSR count). The fourth-order valence-corrected chi connectivity index (χ4v) is 4.42. The maximum Gasteiger partial charge on any atom is 0.235 e. The lowest BCUT2D eigenvalue weighted by Crippen LogP contribution is -2.50. The minimum absolute atomic E-state index is 0.0275. The van der Waals surface area contributed by atoms with E-state index in [1.165, 1.54) is 0 Å². The summed E-state index contributed by atoms with van der Waals surface area (Å²) in [6, 6.07) is -0.0275. The molecule has 0 bridgehead atoms. The second-order valence-corrected chi connectivity index (χ2v) is 7.93. The Morgan fingerprint density at radius 3 is 1.95 bits per heavy atom. The highest BCUT2D eigenvalue weighted by molar-refractivity contribution is 5.34. The second-order valence-electron chi connectivity index (χ2n) is 7.93. The van der Waals surface area contributed by atoms with E-state index in [4.69, 9.17) is 0 Å². The third kappa shape index (κ3) is 3.56. The zero-order valence-corrected chi connectivity index (χ0v) is 14.8. The summed E-state index contributed by atoms with van der Waals surface area (Å²) in [7, 11) is 0. The Labute approximate surface area is 134 Å². The quantitative estimate of drug-likeness (QED) is 0.546. The molecular weight excluding hydrogens is 276 g/mol. The van der Waals surface area contributed by atoms with Crippen molar-refractivity contribution < 1.29 is 9.59 Å². The van der Waals surface area contributed by atoms with E-state index < -0.39 is 0 Å². The van der Waals surface area contributed by atoms with Crippen LogP contribution in [0, 0.1) is 28.6 Å². The summed E-state index contributed by atoms with van der Waals surface area (Å²) in [5.41, 5.74) is 0.00115. The Bertz CT molecular complexity index is 463. The molecule has 0 spiro atoms. The minimum Gasteiger partial charge on any atom is -0.211 e. The molecule has 0 aromatic heterocycles. The summed E-state index contributed by atoms with van der Waals surface area (Å²) in [5.74, 6) is 1.33. The Kier molecular flexibility index (Phi) is 6.28. The van der Waals surface area contributed by atoms with Crippen LogP contribution in [0.2, 0.25) is 0 Å². The van der Waals surface area contributed by atoms with Crippen LogP contribution in [-0.4, -0.2) is 24.7 Å². The maximum absolute atomic E-state index is 10.8. The van der Waals surface area contributed by atoms with Gasteiger partial charge in [0.05, 0.1) is 12.6 Å². The first-order valence-corrected chi connectivity index (χ1v) is 8.34. The standard InChI is InChI=1S/C18H30N2O2/c1-13(2)17(10-19-11-21)7-16(20-12-22)8-18(9-17,14(3)4)15(5)6/h13-16H,7-10H2,1-6H3. The lowest BCUT2D eigenvalue weighted by Gasteiger charge is -2.55. The lowest BCUT2D eigenvalue weighted by atomic mass is 9.50. The van der Waals surface area contributed by atoms with Crippen LogP contribution in [0.4, 0.5) is 0 Å². The van der Waals surface area contributed by atoms with E-state index in [1.807, 2.05) is 0 Å². The van der Waals surface area contributed by atoms with Gasteiger partial charge in [-0.1, -0.05) is 41.5 Å². The number of nitrogens with zero attached hydrogens (tertiary/aromatic N) is 2.